The highest BCUT2D eigenvalue weighted by atomic mass is 19.1. The van der Waals surface area contributed by atoms with Crippen molar-refractivity contribution in [1.82, 2.24) is 0 Å². The zero-order valence-corrected chi connectivity index (χ0v) is 8.46. The van der Waals surface area contributed by atoms with E-state index in [1.807, 2.05) is 0 Å². The summed E-state index contributed by atoms with van der Waals surface area (Å²) in [7, 11) is 0. The molecule has 0 spiro atoms. The lowest BCUT2D eigenvalue weighted by molar-refractivity contribution is 0.692. The van der Waals surface area contributed by atoms with Crippen LogP contribution in [-0.2, 0) is 6.42 Å². The zero-order valence-electron chi connectivity index (χ0n) is 8.46. The SMILES string of the molecule is Cc1ccc(CC/C(=C/F)CN)cc1. The van der Waals surface area contributed by atoms with Crippen molar-refractivity contribution in [3.8, 4) is 0 Å². The van der Waals surface area contributed by atoms with Crippen molar-refractivity contribution in [2.45, 2.75) is 19.8 Å². The molecule has 0 bridgehead atoms. The Morgan fingerprint density at radius 1 is 1.36 bits per heavy atom. The van der Waals surface area contributed by atoms with E-state index in [1.165, 1.54) is 11.1 Å². The first-order valence-corrected chi connectivity index (χ1v) is 4.80. The predicted octanol–water partition coefficient (Wildman–Crippen LogP) is 2.74. The van der Waals surface area contributed by atoms with Gasteiger partial charge in [0.2, 0.25) is 0 Å². The molecule has 0 radical (unpaired) electrons. The van der Waals surface area contributed by atoms with Crippen LogP contribution in [0.1, 0.15) is 17.5 Å². The fourth-order valence-corrected chi connectivity index (χ4v) is 1.26. The van der Waals surface area contributed by atoms with E-state index in [9.17, 15) is 4.39 Å². The second kappa shape index (κ2) is 5.55. The first-order chi connectivity index (χ1) is 6.76. The van der Waals surface area contributed by atoms with E-state index in [-0.39, 0.29) is 0 Å². The molecule has 0 saturated heterocycles. The molecule has 0 aliphatic carbocycles. The first kappa shape index (κ1) is 10.9. The quantitative estimate of drug-likeness (QED) is 0.781. The number of rotatable bonds is 4. The van der Waals surface area contributed by atoms with Gasteiger partial charge in [0, 0.05) is 6.54 Å². The minimum Gasteiger partial charge on any atom is -0.327 e. The topological polar surface area (TPSA) is 26.0 Å². The van der Waals surface area contributed by atoms with Crippen LogP contribution in [-0.4, -0.2) is 6.54 Å². The highest BCUT2D eigenvalue weighted by Crippen LogP contribution is 2.09. The Morgan fingerprint density at radius 2 is 2.00 bits per heavy atom. The third-order valence-corrected chi connectivity index (χ3v) is 2.27. The van der Waals surface area contributed by atoms with Crippen LogP contribution in [0.3, 0.4) is 0 Å². The maximum Gasteiger partial charge on any atom is 0.0871 e. The highest BCUT2D eigenvalue weighted by Gasteiger charge is 1.97. The molecule has 0 aromatic heterocycles. The Hall–Kier alpha value is -1.15. The average Bonchev–Trinajstić information content (AvgIpc) is 2.22. The normalized spacial score (nSPS) is 11.8. The van der Waals surface area contributed by atoms with Gasteiger partial charge < -0.3 is 5.73 Å². The first-order valence-electron chi connectivity index (χ1n) is 4.80. The third-order valence-electron chi connectivity index (χ3n) is 2.27. The van der Waals surface area contributed by atoms with Gasteiger partial charge in [0.05, 0.1) is 6.33 Å². The molecule has 2 N–H and O–H groups in total. The predicted molar refractivity (Wildman–Crippen MR) is 57.7 cm³/mol. The highest BCUT2D eigenvalue weighted by molar-refractivity contribution is 5.22. The van der Waals surface area contributed by atoms with Gasteiger partial charge in [-0.05, 0) is 30.9 Å². The lowest BCUT2D eigenvalue weighted by Gasteiger charge is -2.03. The molecule has 1 aromatic carbocycles. The fourth-order valence-electron chi connectivity index (χ4n) is 1.26. The zero-order chi connectivity index (χ0) is 10.4. The second-order valence-electron chi connectivity index (χ2n) is 3.46. The van der Waals surface area contributed by atoms with Gasteiger partial charge in [-0.3, -0.25) is 0 Å². The number of benzene rings is 1. The maximum atomic E-state index is 12.2. The van der Waals surface area contributed by atoms with Gasteiger partial charge in [-0.25, -0.2) is 4.39 Å². The smallest absolute Gasteiger partial charge is 0.0871 e. The molecule has 0 unspecified atom stereocenters. The third kappa shape index (κ3) is 3.30. The number of aryl methyl sites for hydroxylation is 2. The number of hydrogen-bond acceptors (Lipinski definition) is 1. The van der Waals surface area contributed by atoms with Crippen molar-refractivity contribution >= 4 is 0 Å². The standard InChI is InChI=1S/C12H16FN/c1-10-2-4-11(5-3-10)6-7-12(8-13)9-14/h2-5,8H,6-7,9,14H2,1H3/b12-8-. The van der Waals surface area contributed by atoms with Gasteiger partial charge in [-0.1, -0.05) is 29.8 Å². The van der Waals surface area contributed by atoms with Crippen LogP contribution in [0.15, 0.2) is 36.2 Å². The van der Waals surface area contributed by atoms with E-state index in [1.54, 1.807) is 0 Å². The molecule has 14 heavy (non-hydrogen) atoms. The van der Waals surface area contributed by atoms with Crippen molar-refractivity contribution in [1.29, 1.82) is 0 Å². The molecular weight excluding hydrogens is 177 g/mol. The van der Waals surface area contributed by atoms with Crippen molar-refractivity contribution in [3.63, 3.8) is 0 Å². The Labute approximate surface area is 84.4 Å². The van der Waals surface area contributed by atoms with Crippen LogP contribution < -0.4 is 5.73 Å². The average molecular weight is 193 g/mol. The summed E-state index contributed by atoms with van der Waals surface area (Å²) in [5.41, 5.74) is 8.50. The molecule has 1 rings (SSSR count). The molecule has 0 saturated carbocycles. The number of halogens is 1. The summed E-state index contributed by atoms with van der Waals surface area (Å²) in [6, 6.07) is 8.27. The van der Waals surface area contributed by atoms with E-state index in [0.717, 1.165) is 6.42 Å². The van der Waals surface area contributed by atoms with Crippen LogP contribution in [0.25, 0.3) is 0 Å². The summed E-state index contributed by atoms with van der Waals surface area (Å²) in [5, 5.41) is 0. The van der Waals surface area contributed by atoms with Crippen LogP contribution in [0, 0.1) is 6.92 Å². The van der Waals surface area contributed by atoms with Crippen molar-refractivity contribution in [3.05, 3.63) is 47.3 Å². The molecule has 2 heteroatoms. The minimum atomic E-state index is 0.308. The lowest BCUT2D eigenvalue weighted by Crippen LogP contribution is -2.03. The molecule has 0 heterocycles. The van der Waals surface area contributed by atoms with E-state index >= 15 is 0 Å². The Bertz CT molecular complexity index is 301. The van der Waals surface area contributed by atoms with Crippen LogP contribution in [0.4, 0.5) is 4.39 Å². The van der Waals surface area contributed by atoms with E-state index in [2.05, 4.69) is 31.2 Å². The fraction of sp³-hybridized carbons (Fsp3) is 0.333. The molecule has 0 amide bonds. The summed E-state index contributed by atoms with van der Waals surface area (Å²) in [6.07, 6.45) is 2.18. The van der Waals surface area contributed by atoms with Gasteiger partial charge >= 0.3 is 0 Å². The number of nitrogens with two attached hydrogens (primary N) is 1. The van der Waals surface area contributed by atoms with Gasteiger partial charge in [0.15, 0.2) is 0 Å². The Balaban J connectivity index is 2.49. The summed E-state index contributed by atoms with van der Waals surface area (Å²) >= 11 is 0. The van der Waals surface area contributed by atoms with Gasteiger partial charge in [-0.2, -0.15) is 0 Å². The van der Waals surface area contributed by atoms with Crippen molar-refractivity contribution in [2.24, 2.45) is 5.73 Å². The Morgan fingerprint density at radius 3 is 2.50 bits per heavy atom. The molecule has 0 atom stereocenters. The van der Waals surface area contributed by atoms with Crippen molar-refractivity contribution < 1.29 is 4.39 Å². The van der Waals surface area contributed by atoms with Crippen LogP contribution >= 0.6 is 0 Å². The van der Waals surface area contributed by atoms with Crippen LogP contribution in [0.2, 0.25) is 0 Å². The van der Waals surface area contributed by atoms with Gasteiger partial charge in [0.25, 0.3) is 0 Å². The maximum absolute atomic E-state index is 12.2. The molecule has 1 nitrogen and oxygen atoms in total. The van der Waals surface area contributed by atoms with Crippen LogP contribution in [0.5, 0.6) is 0 Å². The van der Waals surface area contributed by atoms with Crippen molar-refractivity contribution in [2.75, 3.05) is 6.54 Å². The molecule has 0 aliphatic heterocycles. The largest absolute Gasteiger partial charge is 0.327 e. The molecule has 76 valence electrons. The molecule has 0 fully saturated rings. The lowest BCUT2D eigenvalue weighted by atomic mass is 10.0. The molecular formula is C12H16FN. The second-order valence-corrected chi connectivity index (χ2v) is 3.46. The monoisotopic (exact) mass is 193 g/mol. The summed E-state index contributed by atoms with van der Waals surface area (Å²) in [6.45, 7) is 2.36. The number of hydrogen-bond donors (Lipinski definition) is 1. The summed E-state index contributed by atoms with van der Waals surface area (Å²) in [5.74, 6) is 0. The van der Waals surface area contributed by atoms with E-state index in [4.69, 9.17) is 5.73 Å². The molecule has 0 aliphatic rings. The summed E-state index contributed by atoms with van der Waals surface area (Å²) < 4.78 is 12.2. The minimum absolute atomic E-state index is 0.308. The van der Waals surface area contributed by atoms with Gasteiger partial charge in [-0.15, -0.1) is 0 Å². The van der Waals surface area contributed by atoms with Gasteiger partial charge in [0.1, 0.15) is 0 Å². The van der Waals surface area contributed by atoms with E-state index < -0.39 is 0 Å². The summed E-state index contributed by atoms with van der Waals surface area (Å²) in [4.78, 5) is 0. The molecule has 1 aromatic rings. The Kier molecular flexibility index (Phi) is 4.33. The van der Waals surface area contributed by atoms with E-state index in [0.29, 0.717) is 24.9 Å².